The third kappa shape index (κ3) is 2.65. The standard InChI is InChI=1S/C16H19N3O/c1-11-8-15(12-4-3-5-14(9-12)20-2)19-16(18-11)13-6-7-17-10-13/h3-5,8-9,13,17H,6-7,10H2,1-2H3. The number of methoxy groups -OCH3 is 1. The van der Waals surface area contributed by atoms with Gasteiger partial charge in [-0.1, -0.05) is 12.1 Å². The van der Waals surface area contributed by atoms with Gasteiger partial charge < -0.3 is 10.1 Å². The van der Waals surface area contributed by atoms with Crippen LogP contribution in [0, 0.1) is 6.92 Å². The van der Waals surface area contributed by atoms with Crippen molar-refractivity contribution in [2.45, 2.75) is 19.3 Å². The topological polar surface area (TPSA) is 47.0 Å². The van der Waals surface area contributed by atoms with Crippen molar-refractivity contribution < 1.29 is 4.74 Å². The van der Waals surface area contributed by atoms with E-state index in [0.29, 0.717) is 5.92 Å². The summed E-state index contributed by atoms with van der Waals surface area (Å²) in [6.45, 7) is 4.05. The summed E-state index contributed by atoms with van der Waals surface area (Å²) >= 11 is 0. The highest BCUT2D eigenvalue weighted by Gasteiger charge is 2.20. The number of ether oxygens (including phenoxy) is 1. The number of aromatic nitrogens is 2. The van der Waals surface area contributed by atoms with Crippen LogP contribution in [-0.2, 0) is 0 Å². The number of benzene rings is 1. The van der Waals surface area contributed by atoms with Crippen LogP contribution in [0.5, 0.6) is 5.75 Å². The molecule has 1 saturated heterocycles. The van der Waals surface area contributed by atoms with Crippen molar-refractivity contribution in [1.29, 1.82) is 0 Å². The lowest BCUT2D eigenvalue weighted by atomic mass is 10.1. The summed E-state index contributed by atoms with van der Waals surface area (Å²) in [5.74, 6) is 2.23. The predicted molar refractivity (Wildman–Crippen MR) is 79.0 cm³/mol. The van der Waals surface area contributed by atoms with Crippen molar-refractivity contribution in [3.8, 4) is 17.0 Å². The van der Waals surface area contributed by atoms with Crippen LogP contribution in [0.4, 0.5) is 0 Å². The van der Waals surface area contributed by atoms with E-state index >= 15 is 0 Å². The van der Waals surface area contributed by atoms with Gasteiger partial charge in [-0.3, -0.25) is 0 Å². The number of nitrogens with zero attached hydrogens (tertiary/aromatic N) is 2. The minimum absolute atomic E-state index is 0.430. The molecule has 0 amide bonds. The molecular formula is C16H19N3O. The molecule has 1 aliphatic rings. The number of nitrogens with one attached hydrogen (secondary N) is 1. The molecule has 1 atom stereocenters. The molecule has 2 aromatic rings. The van der Waals surface area contributed by atoms with Gasteiger partial charge in [0.1, 0.15) is 11.6 Å². The third-order valence-electron chi connectivity index (χ3n) is 3.66. The molecule has 3 rings (SSSR count). The molecule has 1 N–H and O–H groups in total. The summed E-state index contributed by atoms with van der Waals surface area (Å²) in [6, 6.07) is 10.0. The van der Waals surface area contributed by atoms with Crippen LogP contribution >= 0.6 is 0 Å². The third-order valence-corrected chi connectivity index (χ3v) is 3.66. The lowest BCUT2D eigenvalue weighted by molar-refractivity contribution is 0.415. The normalized spacial score (nSPS) is 18.2. The summed E-state index contributed by atoms with van der Waals surface area (Å²) in [6.07, 6.45) is 1.11. The van der Waals surface area contributed by atoms with Crippen LogP contribution in [0.3, 0.4) is 0 Å². The number of hydrogen-bond donors (Lipinski definition) is 1. The minimum Gasteiger partial charge on any atom is -0.497 e. The number of aryl methyl sites for hydroxylation is 1. The SMILES string of the molecule is COc1cccc(-c2cc(C)nc(C3CCNC3)n2)c1. The van der Waals surface area contributed by atoms with Crippen LogP contribution < -0.4 is 10.1 Å². The van der Waals surface area contributed by atoms with Crippen LogP contribution in [0.15, 0.2) is 30.3 Å². The van der Waals surface area contributed by atoms with E-state index in [1.807, 2.05) is 31.2 Å². The molecule has 20 heavy (non-hydrogen) atoms. The predicted octanol–water partition coefficient (Wildman–Crippen LogP) is 2.54. The maximum atomic E-state index is 5.28. The van der Waals surface area contributed by atoms with Crippen LogP contribution in [0.25, 0.3) is 11.3 Å². The van der Waals surface area contributed by atoms with Gasteiger partial charge in [-0.2, -0.15) is 0 Å². The van der Waals surface area contributed by atoms with Crippen molar-refractivity contribution >= 4 is 0 Å². The fourth-order valence-corrected chi connectivity index (χ4v) is 2.58. The average molecular weight is 269 g/mol. The summed E-state index contributed by atoms with van der Waals surface area (Å²) in [5, 5.41) is 3.37. The molecule has 1 aliphatic heterocycles. The zero-order valence-corrected chi connectivity index (χ0v) is 11.9. The molecule has 2 heterocycles. The Labute approximate surface area is 119 Å². The number of rotatable bonds is 3. The Morgan fingerprint density at radius 2 is 2.15 bits per heavy atom. The van der Waals surface area contributed by atoms with E-state index in [1.165, 1.54) is 0 Å². The highest BCUT2D eigenvalue weighted by molar-refractivity contribution is 5.61. The Morgan fingerprint density at radius 1 is 1.25 bits per heavy atom. The highest BCUT2D eigenvalue weighted by atomic mass is 16.5. The second kappa shape index (κ2) is 5.59. The van der Waals surface area contributed by atoms with Crippen molar-refractivity contribution in [2.24, 2.45) is 0 Å². The second-order valence-electron chi connectivity index (χ2n) is 5.17. The summed E-state index contributed by atoms with van der Waals surface area (Å²) in [7, 11) is 1.68. The maximum Gasteiger partial charge on any atom is 0.133 e. The molecule has 0 aliphatic carbocycles. The van der Waals surface area contributed by atoms with Gasteiger partial charge in [0.2, 0.25) is 0 Å². The molecule has 104 valence electrons. The quantitative estimate of drug-likeness (QED) is 0.930. The molecule has 1 aromatic heterocycles. The van der Waals surface area contributed by atoms with E-state index in [0.717, 1.165) is 48.0 Å². The molecule has 1 unspecified atom stereocenters. The maximum absolute atomic E-state index is 5.28. The molecule has 0 radical (unpaired) electrons. The molecule has 0 spiro atoms. The zero-order chi connectivity index (χ0) is 13.9. The fourth-order valence-electron chi connectivity index (χ4n) is 2.58. The molecule has 1 aromatic carbocycles. The van der Waals surface area contributed by atoms with E-state index in [2.05, 4.69) is 16.4 Å². The fraction of sp³-hybridized carbons (Fsp3) is 0.375. The first-order valence-electron chi connectivity index (χ1n) is 6.97. The Hall–Kier alpha value is -1.94. The monoisotopic (exact) mass is 269 g/mol. The number of hydrogen-bond acceptors (Lipinski definition) is 4. The van der Waals surface area contributed by atoms with Gasteiger partial charge in [0, 0.05) is 23.7 Å². The Balaban J connectivity index is 1.99. The molecule has 0 saturated carbocycles. The lowest BCUT2D eigenvalue weighted by Gasteiger charge is -2.11. The smallest absolute Gasteiger partial charge is 0.133 e. The van der Waals surface area contributed by atoms with Gasteiger partial charge in [-0.15, -0.1) is 0 Å². The van der Waals surface area contributed by atoms with E-state index in [1.54, 1.807) is 7.11 Å². The van der Waals surface area contributed by atoms with Gasteiger partial charge in [-0.05, 0) is 38.1 Å². The van der Waals surface area contributed by atoms with E-state index in [-0.39, 0.29) is 0 Å². The van der Waals surface area contributed by atoms with Crippen LogP contribution in [0.2, 0.25) is 0 Å². The molecular weight excluding hydrogens is 250 g/mol. The molecule has 4 nitrogen and oxygen atoms in total. The van der Waals surface area contributed by atoms with Gasteiger partial charge >= 0.3 is 0 Å². The van der Waals surface area contributed by atoms with Crippen LogP contribution in [-0.4, -0.2) is 30.2 Å². The first-order valence-corrected chi connectivity index (χ1v) is 6.97. The second-order valence-corrected chi connectivity index (χ2v) is 5.17. The first kappa shape index (κ1) is 13.1. The van der Waals surface area contributed by atoms with E-state index in [4.69, 9.17) is 9.72 Å². The van der Waals surface area contributed by atoms with Crippen molar-refractivity contribution in [1.82, 2.24) is 15.3 Å². The van der Waals surface area contributed by atoms with Gasteiger partial charge in [0.05, 0.1) is 12.8 Å². The Morgan fingerprint density at radius 3 is 2.90 bits per heavy atom. The van der Waals surface area contributed by atoms with E-state index < -0.39 is 0 Å². The first-order chi connectivity index (χ1) is 9.76. The van der Waals surface area contributed by atoms with Crippen molar-refractivity contribution in [3.05, 3.63) is 41.9 Å². The van der Waals surface area contributed by atoms with Gasteiger partial charge in [-0.25, -0.2) is 9.97 Å². The van der Waals surface area contributed by atoms with Crippen molar-refractivity contribution in [2.75, 3.05) is 20.2 Å². The zero-order valence-electron chi connectivity index (χ0n) is 11.9. The van der Waals surface area contributed by atoms with Gasteiger partial charge in [0.25, 0.3) is 0 Å². The summed E-state index contributed by atoms with van der Waals surface area (Å²) < 4.78 is 5.28. The Bertz CT molecular complexity index is 606. The minimum atomic E-state index is 0.430. The lowest BCUT2D eigenvalue weighted by Crippen LogP contribution is -2.11. The van der Waals surface area contributed by atoms with Crippen molar-refractivity contribution in [3.63, 3.8) is 0 Å². The Kier molecular flexibility index (Phi) is 3.65. The largest absolute Gasteiger partial charge is 0.497 e. The highest BCUT2D eigenvalue weighted by Crippen LogP contribution is 2.25. The van der Waals surface area contributed by atoms with Crippen LogP contribution in [0.1, 0.15) is 23.9 Å². The summed E-state index contributed by atoms with van der Waals surface area (Å²) in [4.78, 5) is 9.36. The average Bonchev–Trinajstić information content (AvgIpc) is 3.01. The van der Waals surface area contributed by atoms with E-state index in [9.17, 15) is 0 Å². The molecule has 1 fully saturated rings. The summed E-state index contributed by atoms with van der Waals surface area (Å²) in [5.41, 5.74) is 3.06. The molecule has 4 heteroatoms. The molecule has 0 bridgehead atoms. The van der Waals surface area contributed by atoms with Gasteiger partial charge in [0.15, 0.2) is 0 Å².